The van der Waals surface area contributed by atoms with Crippen LogP contribution in [0.3, 0.4) is 0 Å². The molecule has 0 saturated carbocycles. The highest BCUT2D eigenvalue weighted by molar-refractivity contribution is 8.01. The van der Waals surface area contributed by atoms with E-state index in [4.69, 9.17) is 4.74 Å². The number of hydrogen-bond acceptors (Lipinski definition) is 7. The molecular weight excluding hydrogens is 522 g/mol. The number of anilines is 1. The van der Waals surface area contributed by atoms with E-state index in [2.05, 4.69) is 16.9 Å². The third kappa shape index (κ3) is 5.94. The van der Waals surface area contributed by atoms with Gasteiger partial charge in [-0.3, -0.25) is 19.7 Å². The Hall–Kier alpha value is -3.57. The lowest BCUT2D eigenvalue weighted by Gasteiger charge is -2.41. The van der Waals surface area contributed by atoms with Gasteiger partial charge in [-0.15, -0.1) is 0 Å². The van der Waals surface area contributed by atoms with Gasteiger partial charge in [0.1, 0.15) is 5.75 Å². The van der Waals surface area contributed by atoms with Gasteiger partial charge in [-0.1, -0.05) is 36.6 Å². The average Bonchev–Trinajstić information content (AvgIpc) is 3.56. The number of nitrogens with zero attached hydrogens (tertiary/aromatic N) is 4. The molecule has 11 heteroatoms. The van der Waals surface area contributed by atoms with Crippen LogP contribution in [-0.4, -0.2) is 69.9 Å². The molecule has 1 aromatic carbocycles. The summed E-state index contributed by atoms with van der Waals surface area (Å²) in [6.07, 6.45) is 7.33. The second-order valence-electron chi connectivity index (χ2n) is 8.97. The van der Waals surface area contributed by atoms with E-state index in [0.717, 1.165) is 21.1 Å². The van der Waals surface area contributed by atoms with Crippen molar-refractivity contribution in [3.05, 3.63) is 66.1 Å². The number of hydrogen-bond donors (Lipinski definition) is 1. The summed E-state index contributed by atoms with van der Waals surface area (Å²) in [6, 6.07) is 5.40. The molecule has 200 valence electrons. The summed E-state index contributed by atoms with van der Waals surface area (Å²) in [4.78, 5) is 47.1. The van der Waals surface area contributed by atoms with Gasteiger partial charge in [0.05, 0.1) is 28.6 Å². The standard InChI is InChI=1S/C27H31N5O4S2/c1-6-19-16-31(10-11-32(19)23(33)7-2)26(35)20-13-22(17(3)12-21(20)36-5)37-24-14-28-27(38-24)29-25(34)18-8-9-30(4)15-18/h7-9,12-15,19H,2,6,10-11,16H2,1,3-5H3,(H,28,29,34)/t19-/m1/s1. The van der Waals surface area contributed by atoms with Crippen LogP contribution in [0, 0.1) is 6.92 Å². The van der Waals surface area contributed by atoms with E-state index >= 15 is 0 Å². The van der Waals surface area contributed by atoms with Crippen molar-refractivity contribution in [2.24, 2.45) is 7.05 Å². The van der Waals surface area contributed by atoms with Crippen molar-refractivity contribution in [1.82, 2.24) is 19.4 Å². The summed E-state index contributed by atoms with van der Waals surface area (Å²) in [5.74, 6) is 0.0484. The first kappa shape index (κ1) is 27.5. The zero-order valence-corrected chi connectivity index (χ0v) is 23.5. The maximum absolute atomic E-state index is 13.6. The van der Waals surface area contributed by atoms with Gasteiger partial charge in [0.15, 0.2) is 5.13 Å². The zero-order chi connectivity index (χ0) is 27.4. The first-order valence-corrected chi connectivity index (χ1v) is 13.8. The Bertz CT molecular complexity index is 1370. The molecule has 1 fully saturated rings. The SMILES string of the molecule is C=CC(=O)N1CCN(C(=O)c2cc(Sc3cnc(NC(=O)c4ccn(C)c4)s3)c(C)cc2OC)C[C@H]1CC. The van der Waals surface area contributed by atoms with E-state index in [0.29, 0.717) is 41.6 Å². The molecular formula is C27H31N5O4S2. The Labute approximate surface area is 230 Å². The monoisotopic (exact) mass is 553 g/mol. The molecule has 9 nitrogen and oxygen atoms in total. The fourth-order valence-electron chi connectivity index (χ4n) is 4.35. The minimum absolute atomic E-state index is 0.0646. The van der Waals surface area contributed by atoms with Gasteiger partial charge in [0.2, 0.25) is 5.91 Å². The third-order valence-corrected chi connectivity index (χ3v) is 8.61. The predicted molar refractivity (Wildman–Crippen MR) is 149 cm³/mol. The topological polar surface area (TPSA) is 96.8 Å². The quantitative estimate of drug-likeness (QED) is 0.414. The first-order chi connectivity index (χ1) is 18.2. The molecule has 4 rings (SSSR count). The molecule has 38 heavy (non-hydrogen) atoms. The summed E-state index contributed by atoms with van der Waals surface area (Å²) in [5, 5.41) is 3.34. The van der Waals surface area contributed by atoms with Gasteiger partial charge in [-0.2, -0.15) is 0 Å². The number of piperazine rings is 1. The van der Waals surface area contributed by atoms with Crippen LogP contribution in [0.1, 0.15) is 39.6 Å². The van der Waals surface area contributed by atoms with E-state index in [-0.39, 0.29) is 23.8 Å². The van der Waals surface area contributed by atoms with Crippen molar-refractivity contribution in [2.75, 3.05) is 32.1 Å². The van der Waals surface area contributed by atoms with Crippen LogP contribution in [0.2, 0.25) is 0 Å². The van der Waals surface area contributed by atoms with Gasteiger partial charge < -0.3 is 19.1 Å². The molecule has 1 aliphatic heterocycles. The molecule has 0 bridgehead atoms. The molecule has 1 atom stereocenters. The number of carbonyl (C=O) groups is 3. The summed E-state index contributed by atoms with van der Waals surface area (Å²) >= 11 is 2.85. The number of benzene rings is 1. The summed E-state index contributed by atoms with van der Waals surface area (Å²) in [6.45, 7) is 8.92. The molecule has 3 amide bonds. The molecule has 1 aliphatic rings. The smallest absolute Gasteiger partial charge is 0.258 e. The summed E-state index contributed by atoms with van der Waals surface area (Å²) in [7, 11) is 3.41. The number of thiazole rings is 1. The minimum atomic E-state index is -0.217. The number of ether oxygens (including phenoxy) is 1. The van der Waals surface area contributed by atoms with Gasteiger partial charge in [-0.05, 0) is 43.2 Å². The number of rotatable bonds is 8. The second-order valence-corrected chi connectivity index (χ2v) is 11.3. The van der Waals surface area contributed by atoms with Gasteiger partial charge in [-0.25, -0.2) is 4.98 Å². The lowest BCUT2D eigenvalue weighted by Crippen LogP contribution is -2.56. The normalized spacial score (nSPS) is 15.3. The molecule has 0 radical (unpaired) electrons. The van der Waals surface area contributed by atoms with Crippen molar-refractivity contribution in [3.8, 4) is 5.75 Å². The van der Waals surface area contributed by atoms with Crippen molar-refractivity contribution < 1.29 is 19.1 Å². The molecule has 2 aromatic heterocycles. The van der Waals surface area contributed by atoms with Crippen LogP contribution < -0.4 is 10.1 Å². The van der Waals surface area contributed by atoms with Crippen LogP contribution in [0.15, 0.2) is 58.5 Å². The van der Waals surface area contributed by atoms with E-state index in [1.807, 2.05) is 43.8 Å². The number of amides is 3. The van der Waals surface area contributed by atoms with Crippen molar-refractivity contribution in [2.45, 2.75) is 35.4 Å². The number of carbonyl (C=O) groups excluding carboxylic acids is 3. The van der Waals surface area contributed by atoms with Gasteiger partial charge >= 0.3 is 0 Å². The van der Waals surface area contributed by atoms with Crippen molar-refractivity contribution >= 4 is 46.0 Å². The Balaban J connectivity index is 1.51. The minimum Gasteiger partial charge on any atom is -0.496 e. The zero-order valence-electron chi connectivity index (χ0n) is 21.9. The van der Waals surface area contributed by atoms with Crippen molar-refractivity contribution in [3.63, 3.8) is 0 Å². The molecule has 1 N–H and O–H groups in total. The third-order valence-electron chi connectivity index (χ3n) is 6.44. The van der Waals surface area contributed by atoms with E-state index in [9.17, 15) is 14.4 Å². The van der Waals surface area contributed by atoms with E-state index in [1.54, 1.807) is 35.4 Å². The highest BCUT2D eigenvalue weighted by atomic mass is 32.2. The fourth-order valence-corrected chi connectivity index (χ4v) is 6.29. The van der Waals surface area contributed by atoms with Crippen LogP contribution in [-0.2, 0) is 11.8 Å². The maximum Gasteiger partial charge on any atom is 0.258 e. The van der Waals surface area contributed by atoms with E-state index < -0.39 is 0 Å². The number of aryl methyl sites for hydroxylation is 2. The van der Waals surface area contributed by atoms with Crippen LogP contribution in [0.4, 0.5) is 5.13 Å². The molecule has 3 aromatic rings. The second kappa shape index (κ2) is 11.9. The molecule has 0 unspecified atom stereocenters. The van der Waals surface area contributed by atoms with Crippen LogP contribution in [0.25, 0.3) is 0 Å². The van der Waals surface area contributed by atoms with Gasteiger partial charge in [0.25, 0.3) is 11.8 Å². The number of aromatic nitrogens is 2. The highest BCUT2D eigenvalue weighted by Crippen LogP contribution is 2.38. The number of methoxy groups -OCH3 is 1. The predicted octanol–water partition coefficient (Wildman–Crippen LogP) is 4.45. The Morgan fingerprint density at radius 2 is 2.11 bits per heavy atom. The summed E-state index contributed by atoms with van der Waals surface area (Å²) < 4.78 is 8.26. The molecule has 1 saturated heterocycles. The molecule has 0 aliphatic carbocycles. The van der Waals surface area contributed by atoms with Crippen LogP contribution >= 0.6 is 23.1 Å². The Morgan fingerprint density at radius 1 is 1.32 bits per heavy atom. The first-order valence-electron chi connectivity index (χ1n) is 12.2. The molecule has 3 heterocycles. The van der Waals surface area contributed by atoms with Crippen molar-refractivity contribution in [1.29, 1.82) is 0 Å². The van der Waals surface area contributed by atoms with Crippen LogP contribution in [0.5, 0.6) is 5.75 Å². The Kier molecular flexibility index (Phi) is 8.58. The lowest BCUT2D eigenvalue weighted by molar-refractivity contribution is -0.130. The fraction of sp³-hybridized carbons (Fsp3) is 0.333. The lowest BCUT2D eigenvalue weighted by atomic mass is 10.1. The summed E-state index contributed by atoms with van der Waals surface area (Å²) in [5.41, 5.74) is 1.99. The van der Waals surface area contributed by atoms with E-state index in [1.165, 1.54) is 29.2 Å². The highest BCUT2D eigenvalue weighted by Gasteiger charge is 2.32. The van der Waals surface area contributed by atoms with Gasteiger partial charge in [0, 0.05) is 50.0 Å². The number of nitrogens with one attached hydrogen (secondary N) is 1. The largest absolute Gasteiger partial charge is 0.496 e. The Morgan fingerprint density at radius 3 is 2.76 bits per heavy atom. The average molecular weight is 554 g/mol. The maximum atomic E-state index is 13.6. The molecule has 0 spiro atoms.